The SMILES string of the molecule is O=c1[nH]c(NCc2ccc(Cl)c(Cl)c2)nc2c1CN=C2Cl. The van der Waals surface area contributed by atoms with Crippen molar-refractivity contribution in [2.24, 2.45) is 4.99 Å². The van der Waals surface area contributed by atoms with E-state index in [2.05, 4.69) is 20.3 Å². The number of aliphatic imine (C=N–C) groups is 1. The minimum Gasteiger partial charge on any atom is -0.352 e. The first-order chi connectivity index (χ1) is 10.0. The average Bonchev–Trinajstić information content (AvgIpc) is 2.83. The Morgan fingerprint density at radius 1 is 1.24 bits per heavy atom. The summed E-state index contributed by atoms with van der Waals surface area (Å²) in [6, 6.07) is 5.29. The normalized spacial score (nSPS) is 13.0. The summed E-state index contributed by atoms with van der Waals surface area (Å²) in [6.45, 7) is 0.705. The summed E-state index contributed by atoms with van der Waals surface area (Å²) in [5.41, 5.74) is 1.58. The van der Waals surface area contributed by atoms with Gasteiger partial charge in [-0.2, -0.15) is 0 Å². The Hall–Kier alpha value is -1.56. The van der Waals surface area contributed by atoms with Gasteiger partial charge in [-0.3, -0.25) is 14.8 Å². The van der Waals surface area contributed by atoms with Gasteiger partial charge in [0.25, 0.3) is 5.56 Å². The highest BCUT2D eigenvalue weighted by molar-refractivity contribution is 6.69. The Balaban J connectivity index is 1.81. The first kappa shape index (κ1) is 14.4. The second-order valence-electron chi connectivity index (χ2n) is 4.45. The molecule has 0 bridgehead atoms. The monoisotopic (exact) mass is 342 g/mol. The maximum Gasteiger partial charge on any atom is 0.258 e. The summed E-state index contributed by atoms with van der Waals surface area (Å²) < 4.78 is 0. The third kappa shape index (κ3) is 2.90. The van der Waals surface area contributed by atoms with Crippen LogP contribution in [-0.2, 0) is 13.1 Å². The van der Waals surface area contributed by atoms with Crippen molar-refractivity contribution >= 4 is 45.9 Å². The van der Waals surface area contributed by atoms with Crippen molar-refractivity contribution in [3.05, 3.63) is 55.4 Å². The van der Waals surface area contributed by atoms with Crippen molar-refractivity contribution in [3.63, 3.8) is 0 Å². The van der Waals surface area contributed by atoms with E-state index in [-0.39, 0.29) is 17.3 Å². The third-order valence-electron chi connectivity index (χ3n) is 3.03. The Morgan fingerprint density at radius 2 is 2.05 bits per heavy atom. The zero-order valence-electron chi connectivity index (χ0n) is 10.6. The molecule has 0 amide bonds. The zero-order valence-corrected chi connectivity index (χ0v) is 12.9. The van der Waals surface area contributed by atoms with E-state index in [0.717, 1.165) is 5.56 Å². The summed E-state index contributed by atoms with van der Waals surface area (Å²) in [4.78, 5) is 22.8. The lowest BCUT2D eigenvalue weighted by molar-refractivity contribution is 0.981. The van der Waals surface area contributed by atoms with Gasteiger partial charge in [0.2, 0.25) is 5.95 Å². The standard InChI is InChI=1S/C13H9Cl3N4O/c14-8-2-1-6(3-9(8)15)4-18-13-19-10-7(12(21)20-13)5-17-11(10)16/h1-3H,4-5H2,(H2,18,19,20,21). The molecule has 2 heterocycles. The summed E-state index contributed by atoms with van der Waals surface area (Å²) in [6.07, 6.45) is 0. The number of aromatic amines is 1. The predicted octanol–water partition coefficient (Wildman–Crippen LogP) is 3.19. The number of nitrogens with one attached hydrogen (secondary N) is 2. The number of benzene rings is 1. The van der Waals surface area contributed by atoms with Crippen LogP contribution in [0.15, 0.2) is 28.0 Å². The molecule has 1 aromatic carbocycles. The first-order valence-corrected chi connectivity index (χ1v) is 7.19. The van der Waals surface area contributed by atoms with E-state index in [0.29, 0.717) is 33.8 Å². The third-order valence-corrected chi connectivity index (χ3v) is 4.07. The molecular formula is C13H9Cl3N4O. The number of hydrogen-bond acceptors (Lipinski definition) is 4. The van der Waals surface area contributed by atoms with Crippen LogP contribution >= 0.6 is 34.8 Å². The number of nitrogens with zero attached hydrogens (tertiary/aromatic N) is 2. The minimum atomic E-state index is -0.240. The van der Waals surface area contributed by atoms with Gasteiger partial charge < -0.3 is 5.32 Å². The van der Waals surface area contributed by atoms with Gasteiger partial charge in [0, 0.05) is 6.54 Å². The van der Waals surface area contributed by atoms with Crippen LogP contribution in [0.25, 0.3) is 0 Å². The number of halogens is 3. The van der Waals surface area contributed by atoms with Crippen LogP contribution in [0, 0.1) is 0 Å². The van der Waals surface area contributed by atoms with Crippen molar-refractivity contribution in [2.45, 2.75) is 13.1 Å². The van der Waals surface area contributed by atoms with E-state index in [4.69, 9.17) is 34.8 Å². The topological polar surface area (TPSA) is 70.1 Å². The summed E-state index contributed by atoms with van der Waals surface area (Å²) >= 11 is 17.7. The number of aromatic nitrogens is 2. The molecule has 3 rings (SSSR count). The summed E-state index contributed by atoms with van der Waals surface area (Å²) in [5, 5.41) is 4.24. The molecule has 0 aliphatic carbocycles. The highest BCUT2D eigenvalue weighted by Crippen LogP contribution is 2.23. The van der Waals surface area contributed by atoms with Crippen LogP contribution in [0.3, 0.4) is 0 Å². The van der Waals surface area contributed by atoms with E-state index < -0.39 is 0 Å². The number of H-pyrrole nitrogens is 1. The fourth-order valence-corrected chi connectivity index (χ4v) is 2.49. The smallest absolute Gasteiger partial charge is 0.258 e. The van der Waals surface area contributed by atoms with Gasteiger partial charge in [-0.1, -0.05) is 40.9 Å². The fraction of sp³-hybridized carbons (Fsp3) is 0.154. The molecule has 0 fully saturated rings. The largest absolute Gasteiger partial charge is 0.352 e. The van der Waals surface area contributed by atoms with Gasteiger partial charge in [0.05, 0.1) is 22.2 Å². The Labute approximate surface area is 135 Å². The van der Waals surface area contributed by atoms with Crippen molar-refractivity contribution in [2.75, 3.05) is 5.32 Å². The molecule has 1 aliphatic heterocycles. The summed E-state index contributed by atoms with van der Waals surface area (Å²) in [5.74, 6) is 0.333. The van der Waals surface area contributed by atoms with Gasteiger partial charge in [0.1, 0.15) is 5.69 Å². The number of hydrogen-bond donors (Lipinski definition) is 2. The molecule has 108 valence electrons. The van der Waals surface area contributed by atoms with Gasteiger partial charge in [0.15, 0.2) is 5.17 Å². The molecule has 2 N–H and O–H groups in total. The molecule has 1 aromatic heterocycles. The van der Waals surface area contributed by atoms with Crippen molar-refractivity contribution < 1.29 is 0 Å². The maximum absolute atomic E-state index is 11.9. The Kier molecular flexibility index (Phi) is 3.89. The van der Waals surface area contributed by atoms with E-state index in [1.165, 1.54) is 0 Å². The highest BCUT2D eigenvalue weighted by atomic mass is 35.5. The van der Waals surface area contributed by atoms with E-state index in [1.54, 1.807) is 12.1 Å². The molecule has 1 aliphatic rings. The van der Waals surface area contributed by atoms with E-state index >= 15 is 0 Å². The van der Waals surface area contributed by atoms with Crippen LogP contribution < -0.4 is 10.9 Å². The molecule has 21 heavy (non-hydrogen) atoms. The molecule has 0 saturated heterocycles. The van der Waals surface area contributed by atoms with Crippen molar-refractivity contribution in [1.82, 2.24) is 9.97 Å². The lowest BCUT2D eigenvalue weighted by Gasteiger charge is -2.08. The predicted molar refractivity (Wildman–Crippen MR) is 84.7 cm³/mol. The van der Waals surface area contributed by atoms with Crippen LogP contribution in [0.5, 0.6) is 0 Å². The molecule has 0 atom stereocenters. The second kappa shape index (κ2) is 5.67. The van der Waals surface area contributed by atoms with E-state index in [9.17, 15) is 4.79 Å². The quantitative estimate of drug-likeness (QED) is 0.899. The number of anilines is 1. The zero-order chi connectivity index (χ0) is 15.0. The Morgan fingerprint density at radius 3 is 2.81 bits per heavy atom. The Bertz CT molecular complexity index is 800. The molecule has 5 nitrogen and oxygen atoms in total. The average molecular weight is 344 g/mol. The number of fused-ring (bicyclic) bond motifs is 1. The fourth-order valence-electron chi connectivity index (χ4n) is 1.96. The van der Waals surface area contributed by atoms with Gasteiger partial charge in [-0.15, -0.1) is 0 Å². The van der Waals surface area contributed by atoms with Crippen LogP contribution in [-0.4, -0.2) is 15.1 Å². The molecular weight excluding hydrogens is 335 g/mol. The molecule has 0 unspecified atom stereocenters. The second-order valence-corrected chi connectivity index (χ2v) is 5.62. The first-order valence-electron chi connectivity index (χ1n) is 6.06. The molecule has 0 radical (unpaired) electrons. The van der Waals surface area contributed by atoms with Crippen LogP contribution in [0.4, 0.5) is 5.95 Å². The maximum atomic E-state index is 11.9. The van der Waals surface area contributed by atoms with Gasteiger partial charge in [-0.25, -0.2) is 4.98 Å². The van der Waals surface area contributed by atoms with Crippen molar-refractivity contribution in [3.8, 4) is 0 Å². The molecule has 2 aromatic rings. The lowest BCUT2D eigenvalue weighted by atomic mass is 10.2. The minimum absolute atomic E-state index is 0.240. The molecule has 0 spiro atoms. The molecule has 8 heteroatoms. The summed E-state index contributed by atoms with van der Waals surface area (Å²) in [7, 11) is 0. The van der Waals surface area contributed by atoms with Crippen LogP contribution in [0.1, 0.15) is 16.8 Å². The highest BCUT2D eigenvalue weighted by Gasteiger charge is 2.20. The van der Waals surface area contributed by atoms with Crippen LogP contribution in [0.2, 0.25) is 10.0 Å². The lowest BCUT2D eigenvalue weighted by Crippen LogP contribution is -2.18. The van der Waals surface area contributed by atoms with Gasteiger partial charge >= 0.3 is 0 Å². The van der Waals surface area contributed by atoms with Gasteiger partial charge in [-0.05, 0) is 17.7 Å². The number of rotatable bonds is 3. The van der Waals surface area contributed by atoms with Crippen molar-refractivity contribution in [1.29, 1.82) is 0 Å². The van der Waals surface area contributed by atoms with E-state index in [1.807, 2.05) is 6.07 Å². The molecule has 0 saturated carbocycles.